The minimum atomic E-state index is -0.281. The molecule has 0 radical (unpaired) electrons. The summed E-state index contributed by atoms with van der Waals surface area (Å²) in [5.74, 6) is 0.743. The second-order valence-electron chi connectivity index (χ2n) is 3.55. The van der Waals surface area contributed by atoms with Crippen LogP contribution in [0, 0.1) is 0 Å². The Hall–Kier alpha value is -1.10. The summed E-state index contributed by atoms with van der Waals surface area (Å²) in [5, 5.41) is 3.08. The molecule has 0 aliphatic heterocycles. The van der Waals surface area contributed by atoms with Crippen LogP contribution in [-0.4, -0.2) is 35.4 Å². The second-order valence-corrected chi connectivity index (χ2v) is 4.41. The number of hydrogen-bond acceptors (Lipinski definition) is 3. The molecule has 1 amide bonds. The van der Waals surface area contributed by atoms with Crippen molar-refractivity contribution >= 4 is 27.7 Å². The van der Waals surface area contributed by atoms with Crippen molar-refractivity contribution in [3.8, 4) is 0 Å². The first-order chi connectivity index (χ1) is 7.56. The van der Waals surface area contributed by atoms with E-state index in [-0.39, 0.29) is 11.9 Å². The molecule has 0 saturated carbocycles. The van der Waals surface area contributed by atoms with Gasteiger partial charge in [-0.3, -0.25) is 4.79 Å². The number of anilines is 1. The normalized spacial score (nSPS) is 12.0. The number of rotatable bonds is 4. The van der Waals surface area contributed by atoms with Crippen molar-refractivity contribution in [3.05, 3.63) is 22.8 Å². The molecule has 1 N–H and O–H groups in total. The van der Waals surface area contributed by atoms with Crippen LogP contribution in [-0.2, 0) is 4.79 Å². The SMILES string of the molecule is CCN(C)C(=O)C(C)Nc1ncccc1Br. The minimum Gasteiger partial charge on any atom is -0.358 e. The van der Waals surface area contributed by atoms with Gasteiger partial charge in [0.2, 0.25) is 5.91 Å². The first-order valence-electron chi connectivity index (χ1n) is 5.18. The molecule has 0 aliphatic carbocycles. The van der Waals surface area contributed by atoms with E-state index in [1.54, 1.807) is 18.1 Å². The molecule has 1 unspecified atom stereocenters. The van der Waals surface area contributed by atoms with Gasteiger partial charge in [0.25, 0.3) is 0 Å². The summed E-state index contributed by atoms with van der Waals surface area (Å²) >= 11 is 3.38. The molecular formula is C11H16BrN3O. The third-order valence-electron chi connectivity index (χ3n) is 2.33. The predicted molar refractivity (Wildman–Crippen MR) is 68.3 cm³/mol. The van der Waals surface area contributed by atoms with Crippen LogP contribution in [0.3, 0.4) is 0 Å². The van der Waals surface area contributed by atoms with E-state index in [4.69, 9.17) is 0 Å². The Bertz CT molecular complexity index is 370. The fraction of sp³-hybridized carbons (Fsp3) is 0.455. The van der Waals surface area contributed by atoms with Gasteiger partial charge in [0.1, 0.15) is 11.9 Å². The summed E-state index contributed by atoms with van der Waals surface area (Å²) in [6.45, 7) is 4.48. The number of halogens is 1. The van der Waals surface area contributed by atoms with Gasteiger partial charge in [0, 0.05) is 19.8 Å². The zero-order valence-electron chi connectivity index (χ0n) is 9.70. The Labute approximate surface area is 104 Å². The molecule has 0 aromatic carbocycles. The Morgan fingerprint density at radius 3 is 2.94 bits per heavy atom. The predicted octanol–water partition coefficient (Wildman–Crippen LogP) is 2.12. The van der Waals surface area contributed by atoms with Crippen LogP contribution in [0.1, 0.15) is 13.8 Å². The number of nitrogens with zero attached hydrogens (tertiary/aromatic N) is 2. The zero-order chi connectivity index (χ0) is 12.1. The average Bonchev–Trinajstić information content (AvgIpc) is 2.30. The maximum atomic E-state index is 11.8. The van der Waals surface area contributed by atoms with E-state index in [9.17, 15) is 4.79 Å². The summed E-state index contributed by atoms with van der Waals surface area (Å²) < 4.78 is 0.855. The summed E-state index contributed by atoms with van der Waals surface area (Å²) in [7, 11) is 1.79. The van der Waals surface area contributed by atoms with E-state index in [2.05, 4.69) is 26.2 Å². The third kappa shape index (κ3) is 3.20. The molecule has 1 atom stereocenters. The van der Waals surface area contributed by atoms with Gasteiger partial charge in [-0.15, -0.1) is 0 Å². The molecule has 88 valence electrons. The summed E-state index contributed by atoms with van der Waals surface area (Å²) in [6.07, 6.45) is 1.69. The number of aromatic nitrogens is 1. The van der Waals surface area contributed by atoms with E-state index in [1.165, 1.54) is 0 Å². The molecular weight excluding hydrogens is 270 g/mol. The van der Waals surface area contributed by atoms with Crippen molar-refractivity contribution in [2.75, 3.05) is 18.9 Å². The first kappa shape index (κ1) is 13.0. The van der Waals surface area contributed by atoms with Crippen LogP contribution in [0.25, 0.3) is 0 Å². The van der Waals surface area contributed by atoms with Crippen molar-refractivity contribution in [1.82, 2.24) is 9.88 Å². The number of likely N-dealkylation sites (N-methyl/N-ethyl adjacent to an activating group) is 1. The number of hydrogen-bond donors (Lipinski definition) is 1. The first-order valence-corrected chi connectivity index (χ1v) is 5.97. The van der Waals surface area contributed by atoms with Crippen LogP contribution in [0.5, 0.6) is 0 Å². The standard InChI is InChI=1S/C11H16BrN3O/c1-4-15(3)11(16)8(2)14-10-9(12)6-5-7-13-10/h5-8H,4H2,1-3H3,(H,13,14). The van der Waals surface area contributed by atoms with Crippen molar-refractivity contribution < 1.29 is 4.79 Å². The van der Waals surface area contributed by atoms with Crippen molar-refractivity contribution in [2.45, 2.75) is 19.9 Å². The quantitative estimate of drug-likeness (QED) is 0.922. The smallest absolute Gasteiger partial charge is 0.244 e. The fourth-order valence-electron chi connectivity index (χ4n) is 1.25. The Morgan fingerprint density at radius 2 is 2.38 bits per heavy atom. The van der Waals surface area contributed by atoms with E-state index in [1.807, 2.05) is 26.0 Å². The van der Waals surface area contributed by atoms with Gasteiger partial charge in [-0.1, -0.05) is 0 Å². The molecule has 0 aliphatic rings. The highest BCUT2D eigenvalue weighted by atomic mass is 79.9. The Kier molecular flexibility index (Phi) is 4.73. The number of nitrogens with one attached hydrogen (secondary N) is 1. The van der Waals surface area contributed by atoms with E-state index >= 15 is 0 Å². The second kappa shape index (κ2) is 5.84. The van der Waals surface area contributed by atoms with Gasteiger partial charge in [-0.25, -0.2) is 4.98 Å². The van der Waals surface area contributed by atoms with Crippen molar-refractivity contribution in [3.63, 3.8) is 0 Å². The summed E-state index contributed by atoms with van der Waals surface area (Å²) in [4.78, 5) is 17.6. The monoisotopic (exact) mass is 285 g/mol. The van der Waals surface area contributed by atoms with Crippen LogP contribution >= 0.6 is 15.9 Å². The van der Waals surface area contributed by atoms with Crippen molar-refractivity contribution in [2.24, 2.45) is 0 Å². The fourth-order valence-corrected chi connectivity index (χ4v) is 1.61. The Morgan fingerprint density at radius 1 is 1.69 bits per heavy atom. The van der Waals surface area contributed by atoms with Crippen LogP contribution < -0.4 is 5.32 Å². The molecule has 1 heterocycles. The highest BCUT2D eigenvalue weighted by Crippen LogP contribution is 2.19. The lowest BCUT2D eigenvalue weighted by molar-refractivity contribution is -0.130. The lowest BCUT2D eigenvalue weighted by atomic mass is 10.3. The summed E-state index contributed by atoms with van der Waals surface area (Å²) in [6, 6.07) is 3.44. The van der Waals surface area contributed by atoms with E-state index in [0.29, 0.717) is 12.4 Å². The van der Waals surface area contributed by atoms with Gasteiger partial charge in [-0.05, 0) is 41.9 Å². The molecule has 5 heteroatoms. The number of pyridine rings is 1. The maximum Gasteiger partial charge on any atom is 0.244 e. The van der Waals surface area contributed by atoms with Gasteiger partial charge < -0.3 is 10.2 Å². The molecule has 16 heavy (non-hydrogen) atoms. The largest absolute Gasteiger partial charge is 0.358 e. The highest BCUT2D eigenvalue weighted by Gasteiger charge is 2.17. The number of amides is 1. The minimum absolute atomic E-state index is 0.0556. The van der Waals surface area contributed by atoms with Gasteiger partial charge in [-0.2, -0.15) is 0 Å². The van der Waals surface area contributed by atoms with Crippen LogP contribution in [0.2, 0.25) is 0 Å². The molecule has 0 fully saturated rings. The van der Waals surface area contributed by atoms with Gasteiger partial charge >= 0.3 is 0 Å². The lowest BCUT2D eigenvalue weighted by Crippen LogP contribution is -2.39. The third-order valence-corrected chi connectivity index (χ3v) is 2.97. The van der Waals surface area contributed by atoms with Gasteiger partial charge in [0.05, 0.1) is 4.47 Å². The van der Waals surface area contributed by atoms with Crippen molar-refractivity contribution in [1.29, 1.82) is 0 Å². The van der Waals surface area contributed by atoms with Crippen LogP contribution in [0.4, 0.5) is 5.82 Å². The van der Waals surface area contributed by atoms with Crippen LogP contribution in [0.15, 0.2) is 22.8 Å². The van der Waals surface area contributed by atoms with E-state index < -0.39 is 0 Å². The zero-order valence-corrected chi connectivity index (χ0v) is 11.3. The number of carbonyl (C=O) groups excluding carboxylic acids is 1. The summed E-state index contributed by atoms with van der Waals surface area (Å²) in [5.41, 5.74) is 0. The molecule has 1 aromatic rings. The molecule has 0 spiro atoms. The maximum absolute atomic E-state index is 11.8. The lowest BCUT2D eigenvalue weighted by Gasteiger charge is -2.21. The highest BCUT2D eigenvalue weighted by molar-refractivity contribution is 9.10. The average molecular weight is 286 g/mol. The molecule has 0 saturated heterocycles. The molecule has 0 bridgehead atoms. The number of carbonyl (C=O) groups is 1. The molecule has 4 nitrogen and oxygen atoms in total. The molecule has 1 rings (SSSR count). The Balaban J connectivity index is 2.68. The van der Waals surface area contributed by atoms with E-state index in [0.717, 1.165) is 4.47 Å². The molecule has 1 aromatic heterocycles. The topological polar surface area (TPSA) is 45.2 Å². The van der Waals surface area contributed by atoms with Gasteiger partial charge in [0.15, 0.2) is 0 Å².